The highest BCUT2D eigenvalue weighted by atomic mass is 32.2. The number of hydrogen-bond acceptors (Lipinski definition) is 4. The van der Waals surface area contributed by atoms with E-state index in [4.69, 9.17) is 9.66 Å². The van der Waals surface area contributed by atoms with Crippen LogP contribution in [-0.4, -0.2) is 30.8 Å². The summed E-state index contributed by atoms with van der Waals surface area (Å²) in [6, 6.07) is 6.47. The lowest BCUT2D eigenvalue weighted by Gasteiger charge is -2.07. The molecule has 0 amide bonds. The molecule has 2 N–H and O–H groups in total. The molecule has 0 aromatic heterocycles. The van der Waals surface area contributed by atoms with Crippen LogP contribution in [0.25, 0.3) is 0 Å². The first kappa shape index (κ1) is 18.4. The Morgan fingerprint density at radius 3 is 2.23 bits per heavy atom. The molecule has 0 fully saturated rings. The van der Waals surface area contributed by atoms with Crippen LogP contribution in [0.2, 0.25) is 0 Å². The summed E-state index contributed by atoms with van der Waals surface area (Å²) in [5, 5.41) is 8.29. The van der Waals surface area contributed by atoms with Crippen LogP contribution < -0.4 is 0 Å². The molecule has 1 rings (SSSR count). The van der Waals surface area contributed by atoms with Crippen LogP contribution in [0.4, 0.5) is 4.79 Å². The first-order chi connectivity index (χ1) is 10.4. The maximum Gasteiger partial charge on any atom is 0.505 e. The van der Waals surface area contributed by atoms with Crippen molar-refractivity contribution in [3.05, 3.63) is 29.8 Å². The van der Waals surface area contributed by atoms with E-state index in [1.54, 1.807) is 18.2 Å². The van der Waals surface area contributed by atoms with Gasteiger partial charge in [-0.25, -0.2) is 4.79 Å². The van der Waals surface area contributed by atoms with Crippen molar-refractivity contribution in [2.24, 2.45) is 0 Å². The Morgan fingerprint density at radius 2 is 1.59 bits per heavy atom. The Balaban J connectivity index is 2.19. The average molecular weight is 330 g/mol. The van der Waals surface area contributed by atoms with Crippen molar-refractivity contribution in [2.75, 3.05) is 6.61 Å². The summed E-state index contributed by atoms with van der Waals surface area (Å²) in [5.41, 5.74) is 0.639. The van der Waals surface area contributed by atoms with Gasteiger partial charge in [0, 0.05) is 0 Å². The van der Waals surface area contributed by atoms with Gasteiger partial charge < -0.3 is 9.84 Å². The van der Waals surface area contributed by atoms with Crippen LogP contribution in [0.3, 0.4) is 0 Å². The second-order valence-electron chi connectivity index (χ2n) is 5.07. The molecule has 0 bridgehead atoms. The highest BCUT2D eigenvalue weighted by Gasteiger charge is 2.13. The first-order valence-corrected chi connectivity index (χ1v) is 8.76. The lowest BCUT2D eigenvalue weighted by molar-refractivity contribution is 0.0899. The van der Waals surface area contributed by atoms with Crippen LogP contribution in [0.5, 0.6) is 0 Å². The highest BCUT2D eigenvalue weighted by molar-refractivity contribution is 7.85. The summed E-state index contributed by atoms with van der Waals surface area (Å²) < 4.78 is 36.0. The molecule has 124 valence electrons. The number of carboxylic acid groups (broad SMARTS) is 1. The molecular formula is C15H22O6S. The van der Waals surface area contributed by atoms with Gasteiger partial charge in [-0.1, -0.05) is 43.9 Å². The second-order valence-corrected chi connectivity index (χ2v) is 6.46. The van der Waals surface area contributed by atoms with Gasteiger partial charge in [0.15, 0.2) is 0 Å². The number of carbonyl (C=O) groups is 1. The van der Waals surface area contributed by atoms with E-state index < -0.39 is 16.3 Å². The average Bonchev–Trinajstić information content (AvgIpc) is 2.44. The fraction of sp³-hybridized carbons (Fsp3) is 0.533. The molecular weight excluding hydrogens is 308 g/mol. The van der Waals surface area contributed by atoms with Gasteiger partial charge in [-0.2, -0.15) is 8.42 Å². The molecule has 1 aromatic carbocycles. The number of aryl methyl sites for hydroxylation is 1. The smallest absolute Gasteiger partial charge is 0.450 e. The SMILES string of the molecule is O=C(O)OCCCCCCCCc1ccccc1S(=O)(=O)O. The zero-order valence-corrected chi connectivity index (χ0v) is 13.2. The zero-order valence-electron chi connectivity index (χ0n) is 12.4. The number of benzene rings is 1. The maximum absolute atomic E-state index is 11.2. The van der Waals surface area contributed by atoms with Gasteiger partial charge in [-0.05, 0) is 30.9 Å². The third kappa shape index (κ3) is 7.42. The van der Waals surface area contributed by atoms with E-state index in [-0.39, 0.29) is 11.5 Å². The normalized spacial score (nSPS) is 11.3. The fourth-order valence-corrected chi connectivity index (χ4v) is 3.00. The predicted octanol–water partition coefficient (Wildman–Crippen LogP) is 3.51. The number of ether oxygens (including phenoxy) is 1. The summed E-state index contributed by atoms with van der Waals surface area (Å²) in [4.78, 5) is 10.1. The van der Waals surface area contributed by atoms with Crippen molar-refractivity contribution in [1.82, 2.24) is 0 Å². The van der Waals surface area contributed by atoms with Gasteiger partial charge in [-0.3, -0.25) is 4.55 Å². The topological polar surface area (TPSA) is 101 Å². The number of rotatable bonds is 10. The van der Waals surface area contributed by atoms with Crippen LogP contribution in [0.15, 0.2) is 29.2 Å². The Hall–Kier alpha value is -1.60. The van der Waals surface area contributed by atoms with E-state index in [0.717, 1.165) is 38.5 Å². The molecule has 22 heavy (non-hydrogen) atoms. The molecule has 0 saturated carbocycles. The molecule has 0 unspecified atom stereocenters. The Bertz CT molecular complexity index is 567. The molecule has 0 aliphatic heterocycles. The van der Waals surface area contributed by atoms with Crippen molar-refractivity contribution >= 4 is 16.3 Å². The number of unbranched alkanes of at least 4 members (excludes halogenated alkanes) is 5. The zero-order chi connectivity index (χ0) is 16.4. The third-order valence-electron chi connectivity index (χ3n) is 3.32. The Kier molecular flexibility index (Phi) is 7.90. The monoisotopic (exact) mass is 330 g/mol. The third-order valence-corrected chi connectivity index (χ3v) is 4.27. The van der Waals surface area contributed by atoms with Crippen LogP contribution in [0, 0.1) is 0 Å². The molecule has 7 heteroatoms. The van der Waals surface area contributed by atoms with Crippen molar-refractivity contribution in [2.45, 2.75) is 49.8 Å². The summed E-state index contributed by atoms with van der Waals surface area (Å²) in [6.07, 6.45) is 4.80. The molecule has 0 saturated heterocycles. The summed E-state index contributed by atoms with van der Waals surface area (Å²) in [7, 11) is -4.16. The quantitative estimate of drug-likeness (QED) is 0.387. The van der Waals surface area contributed by atoms with Crippen LogP contribution in [-0.2, 0) is 21.3 Å². The standard InChI is InChI=1S/C15H22O6S/c16-15(17)21-12-8-4-2-1-3-5-9-13-10-6-7-11-14(13)22(18,19)20/h6-7,10-11H,1-5,8-9,12H2,(H,16,17)(H,18,19,20). The summed E-state index contributed by atoms with van der Waals surface area (Å²) >= 11 is 0. The molecule has 6 nitrogen and oxygen atoms in total. The molecule has 1 aromatic rings. The predicted molar refractivity (Wildman–Crippen MR) is 81.6 cm³/mol. The molecule has 0 radical (unpaired) electrons. The fourth-order valence-electron chi connectivity index (χ4n) is 2.25. The van der Waals surface area contributed by atoms with Gasteiger partial charge in [0.2, 0.25) is 0 Å². The molecule has 0 heterocycles. The van der Waals surface area contributed by atoms with E-state index in [0.29, 0.717) is 12.0 Å². The van der Waals surface area contributed by atoms with Gasteiger partial charge in [0.1, 0.15) is 0 Å². The Morgan fingerprint density at radius 1 is 1.00 bits per heavy atom. The van der Waals surface area contributed by atoms with E-state index in [1.807, 2.05) is 0 Å². The minimum absolute atomic E-state index is 0.0131. The highest BCUT2D eigenvalue weighted by Crippen LogP contribution is 2.18. The van der Waals surface area contributed by atoms with Crippen molar-refractivity contribution < 1.29 is 27.6 Å². The summed E-state index contributed by atoms with van der Waals surface area (Å²) in [6.45, 7) is 0.233. The van der Waals surface area contributed by atoms with E-state index in [1.165, 1.54) is 6.07 Å². The van der Waals surface area contributed by atoms with Gasteiger partial charge in [0.05, 0.1) is 11.5 Å². The minimum atomic E-state index is -4.16. The lowest BCUT2D eigenvalue weighted by Crippen LogP contribution is -2.03. The van der Waals surface area contributed by atoms with E-state index in [9.17, 15) is 13.2 Å². The lowest BCUT2D eigenvalue weighted by atomic mass is 10.0. The van der Waals surface area contributed by atoms with Crippen molar-refractivity contribution in [3.8, 4) is 0 Å². The van der Waals surface area contributed by atoms with E-state index in [2.05, 4.69) is 4.74 Å². The second kappa shape index (κ2) is 9.42. The van der Waals surface area contributed by atoms with Crippen molar-refractivity contribution in [3.63, 3.8) is 0 Å². The maximum atomic E-state index is 11.2. The van der Waals surface area contributed by atoms with Crippen LogP contribution >= 0.6 is 0 Å². The van der Waals surface area contributed by atoms with Crippen LogP contribution in [0.1, 0.15) is 44.1 Å². The molecule has 0 aliphatic rings. The Labute approximate surface area is 130 Å². The largest absolute Gasteiger partial charge is 0.505 e. The number of hydrogen-bond donors (Lipinski definition) is 2. The van der Waals surface area contributed by atoms with Crippen molar-refractivity contribution in [1.29, 1.82) is 0 Å². The van der Waals surface area contributed by atoms with Gasteiger partial charge in [-0.15, -0.1) is 0 Å². The molecule has 0 atom stereocenters. The molecule has 0 spiro atoms. The minimum Gasteiger partial charge on any atom is -0.450 e. The first-order valence-electron chi connectivity index (χ1n) is 7.32. The van der Waals surface area contributed by atoms with Gasteiger partial charge >= 0.3 is 6.16 Å². The summed E-state index contributed by atoms with van der Waals surface area (Å²) in [5.74, 6) is 0. The van der Waals surface area contributed by atoms with Gasteiger partial charge in [0.25, 0.3) is 10.1 Å². The van der Waals surface area contributed by atoms with E-state index >= 15 is 0 Å². The molecule has 0 aliphatic carbocycles.